The lowest BCUT2D eigenvalue weighted by Crippen LogP contribution is -2.22. The number of pyridine rings is 1. The molecular formula is C13H21N3O. The highest BCUT2D eigenvalue weighted by molar-refractivity contribution is 5.42. The second-order valence-corrected chi connectivity index (χ2v) is 4.79. The Hall–Kier alpha value is -1.13. The van der Waals surface area contributed by atoms with Crippen LogP contribution in [0, 0.1) is 5.92 Å². The smallest absolute Gasteiger partial charge is 0.128 e. The van der Waals surface area contributed by atoms with Crippen LogP contribution in [0.3, 0.4) is 0 Å². The van der Waals surface area contributed by atoms with Crippen LogP contribution in [0.15, 0.2) is 18.3 Å². The standard InChI is InChI=1S/C13H21N3O/c1-10(14)12-3-5-15-13(7-12)16-6-4-11(8-16)9-17-2/h3,5,7,10-11H,4,6,8-9,14H2,1-2H3/t10-,11?/m0/s1. The number of hydrogen-bond acceptors (Lipinski definition) is 4. The minimum absolute atomic E-state index is 0.0640. The first kappa shape index (κ1) is 12.3. The number of nitrogens with two attached hydrogens (primary N) is 1. The van der Waals surface area contributed by atoms with Gasteiger partial charge in [0.15, 0.2) is 0 Å². The zero-order valence-corrected chi connectivity index (χ0v) is 10.6. The van der Waals surface area contributed by atoms with E-state index in [1.54, 1.807) is 7.11 Å². The van der Waals surface area contributed by atoms with Crippen molar-refractivity contribution in [3.05, 3.63) is 23.9 Å². The van der Waals surface area contributed by atoms with Gasteiger partial charge < -0.3 is 15.4 Å². The van der Waals surface area contributed by atoms with E-state index in [9.17, 15) is 0 Å². The predicted molar refractivity (Wildman–Crippen MR) is 69.0 cm³/mol. The molecule has 0 aliphatic carbocycles. The fourth-order valence-corrected chi connectivity index (χ4v) is 2.30. The lowest BCUT2D eigenvalue weighted by molar-refractivity contribution is 0.161. The van der Waals surface area contributed by atoms with Crippen molar-refractivity contribution in [3.8, 4) is 0 Å². The van der Waals surface area contributed by atoms with E-state index in [2.05, 4.69) is 16.0 Å². The zero-order valence-electron chi connectivity index (χ0n) is 10.6. The Bertz CT molecular complexity index is 367. The summed E-state index contributed by atoms with van der Waals surface area (Å²) in [5.74, 6) is 1.67. The van der Waals surface area contributed by atoms with E-state index in [-0.39, 0.29) is 6.04 Å². The van der Waals surface area contributed by atoms with Gasteiger partial charge in [0.2, 0.25) is 0 Å². The molecule has 4 heteroatoms. The van der Waals surface area contributed by atoms with Crippen LogP contribution in [0.25, 0.3) is 0 Å². The van der Waals surface area contributed by atoms with E-state index in [4.69, 9.17) is 10.5 Å². The zero-order chi connectivity index (χ0) is 12.3. The van der Waals surface area contributed by atoms with Gasteiger partial charge in [-0.1, -0.05) is 0 Å². The molecule has 4 nitrogen and oxygen atoms in total. The molecule has 94 valence electrons. The first-order valence-corrected chi connectivity index (χ1v) is 6.16. The van der Waals surface area contributed by atoms with Crippen molar-refractivity contribution in [2.75, 3.05) is 31.7 Å². The first-order valence-electron chi connectivity index (χ1n) is 6.16. The summed E-state index contributed by atoms with van der Waals surface area (Å²) in [6.07, 6.45) is 3.02. The topological polar surface area (TPSA) is 51.4 Å². The molecule has 2 rings (SSSR count). The average Bonchev–Trinajstić information content (AvgIpc) is 2.78. The van der Waals surface area contributed by atoms with E-state index < -0.39 is 0 Å². The van der Waals surface area contributed by atoms with Gasteiger partial charge >= 0.3 is 0 Å². The summed E-state index contributed by atoms with van der Waals surface area (Å²) in [4.78, 5) is 6.74. The lowest BCUT2D eigenvalue weighted by atomic mass is 10.1. The summed E-state index contributed by atoms with van der Waals surface area (Å²) in [5, 5.41) is 0. The Morgan fingerprint density at radius 2 is 2.47 bits per heavy atom. The van der Waals surface area contributed by atoms with E-state index in [0.29, 0.717) is 5.92 Å². The molecule has 0 saturated carbocycles. The van der Waals surface area contributed by atoms with Gasteiger partial charge in [0.25, 0.3) is 0 Å². The number of methoxy groups -OCH3 is 1. The Balaban J connectivity index is 2.05. The van der Waals surface area contributed by atoms with Crippen LogP contribution >= 0.6 is 0 Å². The molecule has 1 saturated heterocycles. The van der Waals surface area contributed by atoms with E-state index in [1.165, 1.54) is 6.42 Å². The summed E-state index contributed by atoms with van der Waals surface area (Å²) in [5.41, 5.74) is 7.03. The predicted octanol–water partition coefficient (Wildman–Crippen LogP) is 1.57. The second-order valence-electron chi connectivity index (χ2n) is 4.79. The van der Waals surface area contributed by atoms with E-state index >= 15 is 0 Å². The van der Waals surface area contributed by atoms with Crippen molar-refractivity contribution in [1.29, 1.82) is 0 Å². The normalized spacial score (nSPS) is 21.8. The molecule has 0 amide bonds. The molecule has 2 N–H and O–H groups in total. The molecule has 1 aliphatic heterocycles. The number of anilines is 1. The van der Waals surface area contributed by atoms with Crippen LogP contribution in [-0.4, -0.2) is 31.8 Å². The molecule has 0 spiro atoms. The fraction of sp³-hybridized carbons (Fsp3) is 0.615. The Labute approximate surface area is 103 Å². The van der Waals surface area contributed by atoms with Gasteiger partial charge in [-0.3, -0.25) is 0 Å². The van der Waals surface area contributed by atoms with Crippen molar-refractivity contribution in [2.45, 2.75) is 19.4 Å². The van der Waals surface area contributed by atoms with Gasteiger partial charge in [-0.15, -0.1) is 0 Å². The highest BCUT2D eigenvalue weighted by Crippen LogP contribution is 2.24. The maximum atomic E-state index is 5.89. The molecule has 1 fully saturated rings. The highest BCUT2D eigenvalue weighted by Gasteiger charge is 2.23. The van der Waals surface area contributed by atoms with Gasteiger partial charge in [-0.05, 0) is 31.0 Å². The first-order chi connectivity index (χ1) is 8.20. The maximum absolute atomic E-state index is 5.89. The molecule has 0 aromatic carbocycles. The summed E-state index contributed by atoms with van der Waals surface area (Å²) in [6.45, 7) is 4.92. The summed E-state index contributed by atoms with van der Waals surface area (Å²) >= 11 is 0. The van der Waals surface area contributed by atoms with Gasteiger partial charge in [-0.25, -0.2) is 4.98 Å². The van der Waals surface area contributed by atoms with E-state index in [1.807, 2.05) is 19.2 Å². The van der Waals surface area contributed by atoms with Crippen LogP contribution in [-0.2, 0) is 4.74 Å². The van der Waals surface area contributed by atoms with Crippen LogP contribution in [0.4, 0.5) is 5.82 Å². The number of aromatic nitrogens is 1. The molecule has 1 aromatic rings. The monoisotopic (exact) mass is 235 g/mol. The summed E-state index contributed by atoms with van der Waals surface area (Å²) in [7, 11) is 1.76. The summed E-state index contributed by atoms with van der Waals surface area (Å²) < 4.78 is 5.20. The van der Waals surface area contributed by atoms with Crippen LogP contribution < -0.4 is 10.6 Å². The largest absolute Gasteiger partial charge is 0.384 e. The van der Waals surface area contributed by atoms with Crippen molar-refractivity contribution in [1.82, 2.24) is 4.98 Å². The molecule has 2 atom stereocenters. The molecular weight excluding hydrogens is 214 g/mol. The van der Waals surface area contributed by atoms with Crippen molar-refractivity contribution in [3.63, 3.8) is 0 Å². The molecule has 0 radical (unpaired) electrons. The van der Waals surface area contributed by atoms with Crippen LogP contribution in [0.2, 0.25) is 0 Å². The lowest BCUT2D eigenvalue weighted by Gasteiger charge is -2.18. The molecule has 1 unspecified atom stereocenters. The maximum Gasteiger partial charge on any atom is 0.128 e. The number of ether oxygens (including phenoxy) is 1. The van der Waals surface area contributed by atoms with Crippen LogP contribution in [0.5, 0.6) is 0 Å². The van der Waals surface area contributed by atoms with Gasteiger partial charge in [-0.2, -0.15) is 0 Å². The minimum atomic E-state index is 0.0640. The molecule has 0 bridgehead atoms. The van der Waals surface area contributed by atoms with Gasteiger partial charge in [0.1, 0.15) is 5.82 Å². The van der Waals surface area contributed by atoms with Gasteiger partial charge in [0, 0.05) is 38.4 Å². The minimum Gasteiger partial charge on any atom is -0.384 e. The molecule has 2 heterocycles. The third-order valence-electron chi connectivity index (χ3n) is 3.31. The van der Waals surface area contributed by atoms with Gasteiger partial charge in [0.05, 0.1) is 6.61 Å². The molecule has 1 aliphatic rings. The van der Waals surface area contributed by atoms with E-state index in [0.717, 1.165) is 31.1 Å². The van der Waals surface area contributed by atoms with Crippen molar-refractivity contribution >= 4 is 5.82 Å². The number of hydrogen-bond donors (Lipinski definition) is 1. The summed E-state index contributed by atoms with van der Waals surface area (Å²) in [6, 6.07) is 4.14. The SMILES string of the molecule is COCC1CCN(c2cc([C@H](C)N)ccn2)C1. The van der Waals surface area contributed by atoms with Crippen molar-refractivity contribution in [2.24, 2.45) is 11.7 Å². The van der Waals surface area contributed by atoms with Crippen molar-refractivity contribution < 1.29 is 4.74 Å². The Morgan fingerprint density at radius 1 is 1.65 bits per heavy atom. The average molecular weight is 235 g/mol. The van der Waals surface area contributed by atoms with Crippen LogP contribution in [0.1, 0.15) is 24.9 Å². The number of nitrogens with zero attached hydrogens (tertiary/aromatic N) is 2. The fourth-order valence-electron chi connectivity index (χ4n) is 2.30. The second kappa shape index (κ2) is 5.47. The Morgan fingerprint density at radius 3 is 3.18 bits per heavy atom. The Kier molecular flexibility index (Phi) is 3.97. The molecule has 17 heavy (non-hydrogen) atoms. The third kappa shape index (κ3) is 2.96. The molecule has 1 aromatic heterocycles. The number of rotatable bonds is 4. The quantitative estimate of drug-likeness (QED) is 0.860. The highest BCUT2D eigenvalue weighted by atomic mass is 16.5. The third-order valence-corrected chi connectivity index (χ3v) is 3.31.